The summed E-state index contributed by atoms with van der Waals surface area (Å²) in [5, 5.41) is 79.1. The fraction of sp³-hybridized carbons (Fsp3) is 0.636. The van der Waals surface area contributed by atoms with Gasteiger partial charge in [0.25, 0.3) is 0 Å². The van der Waals surface area contributed by atoms with Crippen LogP contribution in [-0.4, -0.2) is 129 Å². The zero-order valence-corrected chi connectivity index (χ0v) is 18.9. The summed E-state index contributed by atoms with van der Waals surface area (Å²) in [5.74, 6) is 0.436. The van der Waals surface area contributed by atoms with Crippen LogP contribution >= 0.6 is 0 Å². The second kappa shape index (κ2) is 12.4. The van der Waals surface area contributed by atoms with Crippen LogP contribution in [0.25, 0.3) is 6.08 Å². The molecule has 35 heavy (non-hydrogen) atoms. The van der Waals surface area contributed by atoms with Gasteiger partial charge in [0.05, 0.1) is 26.9 Å². The second-order valence-electron chi connectivity index (χ2n) is 8.16. The van der Waals surface area contributed by atoms with Crippen LogP contribution < -0.4 is 9.47 Å². The van der Waals surface area contributed by atoms with Crippen LogP contribution in [0.3, 0.4) is 0 Å². The standard InChI is InChI=1S/C22H32O13/c1-31-12-7-10(3-2-6-23)4-5-11(12)33-22-20(30)18(28)16(26)14(35-22)9-32-21-19(29)17(27)15(25)13(8-24)34-21/h2-5,7,13-30H,6,8-9H2,1H3/b3-2+/t13-,14+,15+,16+,17-,18-,19+,20+,21+,22-/m1/s1. The second-order valence-corrected chi connectivity index (χ2v) is 8.16. The largest absolute Gasteiger partial charge is 0.493 e. The Morgan fingerprint density at radius 1 is 0.800 bits per heavy atom. The van der Waals surface area contributed by atoms with Gasteiger partial charge in [0.1, 0.15) is 48.8 Å². The number of aliphatic hydroxyl groups excluding tert-OH is 8. The van der Waals surface area contributed by atoms with E-state index < -0.39 is 74.6 Å². The number of hydrogen-bond donors (Lipinski definition) is 8. The number of hydrogen-bond acceptors (Lipinski definition) is 13. The number of ether oxygens (including phenoxy) is 5. The van der Waals surface area contributed by atoms with Gasteiger partial charge < -0.3 is 64.5 Å². The van der Waals surface area contributed by atoms with Crippen molar-refractivity contribution in [3.05, 3.63) is 29.8 Å². The Labute approximate surface area is 200 Å². The Balaban J connectivity index is 1.69. The Bertz CT molecular complexity index is 834. The third kappa shape index (κ3) is 6.28. The van der Waals surface area contributed by atoms with Gasteiger partial charge in [-0.05, 0) is 17.7 Å². The Hall–Kier alpha value is -1.88. The molecule has 10 atom stereocenters. The molecule has 13 heteroatoms. The van der Waals surface area contributed by atoms with E-state index >= 15 is 0 Å². The Kier molecular flexibility index (Phi) is 9.80. The van der Waals surface area contributed by atoms with Gasteiger partial charge in [-0.2, -0.15) is 0 Å². The quantitative estimate of drug-likeness (QED) is 0.166. The topological polar surface area (TPSA) is 208 Å². The number of rotatable bonds is 9. The van der Waals surface area contributed by atoms with Crippen molar-refractivity contribution in [3.8, 4) is 11.5 Å². The fourth-order valence-electron chi connectivity index (χ4n) is 3.75. The van der Waals surface area contributed by atoms with Crippen molar-refractivity contribution in [1.29, 1.82) is 0 Å². The van der Waals surface area contributed by atoms with Gasteiger partial charge in [0, 0.05) is 0 Å². The molecule has 2 aliphatic rings. The maximum absolute atomic E-state index is 10.4. The average molecular weight is 504 g/mol. The minimum atomic E-state index is -1.69. The summed E-state index contributed by atoms with van der Waals surface area (Å²) in [6.07, 6.45) is -12.0. The van der Waals surface area contributed by atoms with Crippen LogP contribution in [0.1, 0.15) is 5.56 Å². The maximum Gasteiger partial charge on any atom is 0.229 e. The summed E-state index contributed by atoms with van der Waals surface area (Å²) in [6, 6.07) is 4.80. The molecule has 198 valence electrons. The van der Waals surface area contributed by atoms with Crippen molar-refractivity contribution in [3.63, 3.8) is 0 Å². The summed E-state index contributed by atoms with van der Waals surface area (Å²) in [7, 11) is 1.40. The molecule has 1 aromatic rings. The summed E-state index contributed by atoms with van der Waals surface area (Å²) in [5.41, 5.74) is 0.703. The minimum absolute atomic E-state index is 0.143. The Morgan fingerprint density at radius 3 is 2.06 bits per heavy atom. The van der Waals surface area contributed by atoms with Crippen molar-refractivity contribution in [1.82, 2.24) is 0 Å². The van der Waals surface area contributed by atoms with E-state index in [1.165, 1.54) is 19.3 Å². The number of methoxy groups -OCH3 is 1. The molecule has 0 spiro atoms. The molecule has 0 saturated carbocycles. The van der Waals surface area contributed by atoms with Gasteiger partial charge >= 0.3 is 0 Å². The Morgan fingerprint density at radius 2 is 1.43 bits per heavy atom. The van der Waals surface area contributed by atoms with Crippen LogP contribution in [-0.2, 0) is 14.2 Å². The molecule has 8 N–H and O–H groups in total. The predicted octanol–water partition coefficient (Wildman–Crippen LogP) is -3.30. The summed E-state index contributed by atoms with van der Waals surface area (Å²) >= 11 is 0. The number of benzene rings is 1. The molecular weight excluding hydrogens is 472 g/mol. The van der Waals surface area contributed by atoms with Crippen LogP contribution in [0, 0.1) is 0 Å². The molecule has 2 saturated heterocycles. The fourth-order valence-corrected chi connectivity index (χ4v) is 3.75. The van der Waals surface area contributed by atoms with E-state index in [4.69, 9.17) is 28.8 Å². The van der Waals surface area contributed by atoms with Gasteiger partial charge in [-0.25, -0.2) is 0 Å². The molecule has 0 radical (unpaired) electrons. The van der Waals surface area contributed by atoms with Crippen molar-refractivity contribution in [2.24, 2.45) is 0 Å². The molecular formula is C22H32O13. The maximum atomic E-state index is 10.4. The molecule has 2 heterocycles. The first-order valence-electron chi connectivity index (χ1n) is 11.0. The highest BCUT2D eigenvalue weighted by Crippen LogP contribution is 2.33. The first-order valence-corrected chi connectivity index (χ1v) is 11.0. The van der Waals surface area contributed by atoms with Crippen LogP contribution in [0.15, 0.2) is 24.3 Å². The number of aliphatic hydroxyl groups is 8. The molecule has 0 unspecified atom stereocenters. The van der Waals surface area contributed by atoms with Crippen LogP contribution in [0.2, 0.25) is 0 Å². The molecule has 0 amide bonds. The van der Waals surface area contributed by atoms with E-state index in [2.05, 4.69) is 0 Å². The van der Waals surface area contributed by atoms with E-state index in [9.17, 15) is 35.7 Å². The van der Waals surface area contributed by atoms with Crippen molar-refractivity contribution in [2.45, 2.75) is 61.4 Å². The van der Waals surface area contributed by atoms with Crippen molar-refractivity contribution in [2.75, 3.05) is 26.9 Å². The minimum Gasteiger partial charge on any atom is -0.493 e. The van der Waals surface area contributed by atoms with E-state index in [1.807, 2.05) is 0 Å². The highest BCUT2D eigenvalue weighted by molar-refractivity contribution is 5.56. The lowest BCUT2D eigenvalue weighted by Crippen LogP contribution is -2.62. The summed E-state index contributed by atoms with van der Waals surface area (Å²) in [6.45, 7) is -1.27. The first-order chi connectivity index (χ1) is 16.7. The normalized spacial score (nSPS) is 38.0. The lowest BCUT2D eigenvalue weighted by atomic mass is 9.98. The van der Waals surface area contributed by atoms with E-state index in [1.54, 1.807) is 18.2 Å². The van der Waals surface area contributed by atoms with Gasteiger partial charge in [-0.1, -0.05) is 18.2 Å². The summed E-state index contributed by atoms with van der Waals surface area (Å²) in [4.78, 5) is 0. The first kappa shape index (κ1) is 27.7. The van der Waals surface area contributed by atoms with Gasteiger partial charge in [0.2, 0.25) is 6.29 Å². The lowest BCUT2D eigenvalue weighted by molar-refractivity contribution is -0.323. The van der Waals surface area contributed by atoms with Gasteiger partial charge in [-0.3, -0.25) is 0 Å². The molecule has 1 aromatic carbocycles. The average Bonchev–Trinajstić information content (AvgIpc) is 2.87. The zero-order chi connectivity index (χ0) is 25.7. The van der Waals surface area contributed by atoms with Gasteiger partial charge in [-0.15, -0.1) is 0 Å². The van der Waals surface area contributed by atoms with Crippen LogP contribution in [0.5, 0.6) is 11.5 Å². The van der Waals surface area contributed by atoms with Crippen LogP contribution in [0.4, 0.5) is 0 Å². The third-order valence-electron chi connectivity index (χ3n) is 5.79. The molecule has 0 aliphatic carbocycles. The molecule has 3 rings (SSSR count). The van der Waals surface area contributed by atoms with Crippen molar-refractivity contribution >= 4 is 6.08 Å². The summed E-state index contributed by atoms with van der Waals surface area (Å²) < 4.78 is 27.2. The lowest BCUT2D eigenvalue weighted by Gasteiger charge is -2.42. The predicted molar refractivity (Wildman–Crippen MR) is 116 cm³/mol. The smallest absolute Gasteiger partial charge is 0.229 e. The molecule has 0 aromatic heterocycles. The zero-order valence-electron chi connectivity index (χ0n) is 18.9. The molecule has 2 aliphatic heterocycles. The van der Waals surface area contributed by atoms with Crippen molar-refractivity contribution < 1.29 is 64.5 Å². The monoisotopic (exact) mass is 504 g/mol. The van der Waals surface area contributed by atoms with E-state index in [0.29, 0.717) is 5.56 Å². The SMILES string of the molecule is COc1cc(/C=C/CO)ccc1O[C@@H]1O[C@@H](CO[C@H]2O[C@H](CO)[C@H](O)[C@@H](O)[C@@H]2O)[C@H](O)[C@@H](O)[C@@H]1O. The molecule has 2 fully saturated rings. The van der Waals surface area contributed by atoms with E-state index in [-0.39, 0.29) is 18.1 Å². The van der Waals surface area contributed by atoms with Gasteiger partial charge in [0.15, 0.2) is 17.8 Å². The highest BCUT2D eigenvalue weighted by atomic mass is 16.7. The molecule has 13 nitrogen and oxygen atoms in total. The molecule has 0 bridgehead atoms. The highest BCUT2D eigenvalue weighted by Gasteiger charge is 2.48. The van der Waals surface area contributed by atoms with E-state index in [0.717, 1.165) is 0 Å². The third-order valence-corrected chi connectivity index (χ3v) is 5.79.